The number of likely N-dealkylation sites (tertiary alicyclic amines) is 1. The SMILES string of the molecule is CC(C)(C)C(=O)N1CCC[C@H](C(=O)N2CCN(c3ccccc3F)CC2)C1. The maximum absolute atomic E-state index is 14.0. The lowest BCUT2D eigenvalue weighted by molar-refractivity contribution is -0.145. The van der Waals surface area contributed by atoms with Crippen molar-refractivity contribution in [3.8, 4) is 0 Å². The summed E-state index contributed by atoms with van der Waals surface area (Å²) in [6, 6.07) is 6.77. The molecule has 0 saturated carbocycles. The zero-order valence-electron chi connectivity index (χ0n) is 16.6. The molecule has 148 valence electrons. The van der Waals surface area contributed by atoms with Crippen molar-refractivity contribution in [2.24, 2.45) is 11.3 Å². The lowest BCUT2D eigenvalue weighted by Crippen LogP contribution is -2.54. The van der Waals surface area contributed by atoms with Gasteiger partial charge < -0.3 is 14.7 Å². The Hall–Kier alpha value is -2.11. The molecule has 0 bridgehead atoms. The Morgan fingerprint density at radius 2 is 1.67 bits per heavy atom. The van der Waals surface area contributed by atoms with E-state index in [-0.39, 0.29) is 23.5 Å². The fraction of sp³-hybridized carbons (Fsp3) is 0.619. The number of amides is 2. The van der Waals surface area contributed by atoms with Gasteiger partial charge in [-0.1, -0.05) is 32.9 Å². The number of hydrogen-bond acceptors (Lipinski definition) is 3. The fourth-order valence-corrected chi connectivity index (χ4v) is 3.97. The summed E-state index contributed by atoms with van der Waals surface area (Å²) in [5.74, 6) is -0.0927. The van der Waals surface area contributed by atoms with Crippen molar-refractivity contribution in [3.63, 3.8) is 0 Å². The number of para-hydroxylation sites is 1. The highest BCUT2D eigenvalue weighted by Gasteiger charge is 2.35. The molecule has 0 aliphatic carbocycles. The molecule has 5 nitrogen and oxygen atoms in total. The maximum atomic E-state index is 14.0. The summed E-state index contributed by atoms with van der Waals surface area (Å²) in [7, 11) is 0. The lowest BCUT2D eigenvalue weighted by Gasteiger charge is -2.40. The normalized spacial score (nSPS) is 21.3. The molecule has 27 heavy (non-hydrogen) atoms. The molecule has 3 rings (SSSR count). The Morgan fingerprint density at radius 3 is 2.30 bits per heavy atom. The number of rotatable bonds is 2. The predicted molar refractivity (Wildman–Crippen MR) is 104 cm³/mol. The quantitative estimate of drug-likeness (QED) is 0.798. The van der Waals surface area contributed by atoms with Crippen molar-refractivity contribution in [2.75, 3.05) is 44.2 Å². The topological polar surface area (TPSA) is 43.9 Å². The first-order chi connectivity index (χ1) is 12.8. The summed E-state index contributed by atoms with van der Waals surface area (Å²) in [5.41, 5.74) is 0.181. The van der Waals surface area contributed by atoms with Crippen LogP contribution in [0.2, 0.25) is 0 Å². The van der Waals surface area contributed by atoms with Crippen LogP contribution in [0, 0.1) is 17.2 Å². The van der Waals surface area contributed by atoms with Gasteiger partial charge in [-0.15, -0.1) is 0 Å². The van der Waals surface area contributed by atoms with Gasteiger partial charge in [0.2, 0.25) is 11.8 Å². The average molecular weight is 375 g/mol. The smallest absolute Gasteiger partial charge is 0.227 e. The molecule has 0 aromatic heterocycles. The number of anilines is 1. The standard InChI is InChI=1S/C21H30FN3O2/c1-21(2,3)20(27)25-10-6-7-16(15-25)19(26)24-13-11-23(12-14-24)18-9-5-4-8-17(18)22/h4-5,8-9,16H,6-7,10-15H2,1-3H3/t16-/m0/s1. The van der Waals surface area contributed by atoms with Crippen molar-refractivity contribution in [2.45, 2.75) is 33.6 Å². The third kappa shape index (κ3) is 4.42. The molecule has 2 amide bonds. The van der Waals surface area contributed by atoms with Crippen LogP contribution in [0.4, 0.5) is 10.1 Å². The first-order valence-electron chi connectivity index (χ1n) is 9.85. The zero-order chi connectivity index (χ0) is 19.6. The molecule has 0 spiro atoms. The third-order valence-corrected chi connectivity index (χ3v) is 5.48. The van der Waals surface area contributed by atoms with Crippen molar-refractivity contribution in [3.05, 3.63) is 30.1 Å². The van der Waals surface area contributed by atoms with E-state index >= 15 is 0 Å². The van der Waals surface area contributed by atoms with Crippen LogP contribution < -0.4 is 4.90 Å². The molecule has 2 saturated heterocycles. The molecule has 0 unspecified atom stereocenters. The Bertz CT molecular complexity index is 693. The van der Waals surface area contributed by atoms with Gasteiger partial charge in [-0.25, -0.2) is 4.39 Å². The number of carbonyl (C=O) groups is 2. The van der Waals surface area contributed by atoms with Gasteiger partial charge in [0.15, 0.2) is 0 Å². The van der Waals surface area contributed by atoms with Crippen molar-refractivity contribution >= 4 is 17.5 Å². The van der Waals surface area contributed by atoms with Crippen molar-refractivity contribution in [1.29, 1.82) is 0 Å². The third-order valence-electron chi connectivity index (χ3n) is 5.48. The van der Waals surface area contributed by atoms with Crippen molar-refractivity contribution < 1.29 is 14.0 Å². The van der Waals surface area contributed by atoms with E-state index in [0.717, 1.165) is 19.4 Å². The van der Waals surface area contributed by atoms with Crippen LogP contribution in [0.25, 0.3) is 0 Å². The molecule has 1 aromatic carbocycles. The summed E-state index contributed by atoms with van der Waals surface area (Å²) in [6.07, 6.45) is 1.70. The van der Waals surface area contributed by atoms with Crippen LogP contribution >= 0.6 is 0 Å². The van der Waals surface area contributed by atoms with Gasteiger partial charge in [-0.05, 0) is 25.0 Å². The monoisotopic (exact) mass is 375 g/mol. The minimum Gasteiger partial charge on any atom is -0.366 e. The molecule has 2 fully saturated rings. The van der Waals surface area contributed by atoms with Crippen LogP contribution in [-0.2, 0) is 9.59 Å². The molecule has 1 aromatic rings. The number of halogens is 1. The van der Waals surface area contributed by atoms with Gasteiger partial charge >= 0.3 is 0 Å². The van der Waals surface area contributed by atoms with E-state index in [9.17, 15) is 14.0 Å². The van der Waals surface area contributed by atoms with Gasteiger partial charge in [-0.2, -0.15) is 0 Å². The van der Waals surface area contributed by atoms with Gasteiger partial charge in [0.05, 0.1) is 11.6 Å². The molecule has 2 aliphatic rings. The number of piperidine rings is 1. The Kier molecular flexibility index (Phi) is 5.72. The van der Waals surface area contributed by atoms with E-state index in [1.165, 1.54) is 6.07 Å². The fourth-order valence-electron chi connectivity index (χ4n) is 3.97. The molecule has 0 N–H and O–H groups in total. The lowest BCUT2D eigenvalue weighted by atomic mass is 9.90. The van der Waals surface area contributed by atoms with Crippen molar-refractivity contribution in [1.82, 2.24) is 9.80 Å². The second kappa shape index (κ2) is 7.87. The maximum Gasteiger partial charge on any atom is 0.227 e. The van der Waals surface area contributed by atoms with Crippen LogP contribution in [-0.4, -0.2) is 60.9 Å². The minimum absolute atomic E-state index is 0.115. The highest BCUT2D eigenvalue weighted by molar-refractivity contribution is 5.84. The van der Waals surface area contributed by atoms with Crippen LogP contribution in [0.3, 0.4) is 0 Å². The first-order valence-corrected chi connectivity index (χ1v) is 9.85. The first kappa shape index (κ1) is 19.6. The summed E-state index contributed by atoms with van der Waals surface area (Å²) in [5, 5.41) is 0. The van der Waals surface area contributed by atoms with Crippen LogP contribution in [0.1, 0.15) is 33.6 Å². The van der Waals surface area contributed by atoms with E-state index in [0.29, 0.717) is 38.4 Å². The van der Waals surface area contributed by atoms with E-state index in [1.54, 1.807) is 12.1 Å². The highest BCUT2D eigenvalue weighted by Crippen LogP contribution is 2.26. The largest absolute Gasteiger partial charge is 0.366 e. The summed E-state index contributed by atoms with van der Waals surface area (Å²) < 4.78 is 14.0. The summed E-state index contributed by atoms with van der Waals surface area (Å²) >= 11 is 0. The molecule has 2 heterocycles. The highest BCUT2D eigenvalue weighted by atomic mass is 19.1. The van der Waals surface area contributed by atoms with Crippen LogP contribution in [0.5, 0.6) is 0 Å². The molecular formula is C21H30FN3O2. The number of carbonyl (C=O) groups excluding carboxylic acids is 2. The second-order valence-electron chi connectivity index (χ2n) is 8.60. The van der Waals surface area contributed by atoms with Gasteiger partial charge in [0.25, 0.3) is 0 Å². The minimum atomic E-state index is -0.420. The summed E-state index contributed by atoms with van der Waals surface area (Å²) in [4.78, 5) is 31.3. The predicted octanol–water partition coefficient (Wildman–Crippen LogP) is 2.76. The molecule has 1 atom stereocenters. The van der Waals surface area contributed by atoms with E-state index in [1.807, 2.05) is 41.5 Å². The number of nitrogens with zero attached hydrogens (tertiary/aromatic N) is 3. The average Bonchev–Trinajstić information content (AvgIpc) is 2.67. The molecular weight excluding hydrogens is 345 g/mol. The Balaban J connectivity index is 1.57. The Morgan fingerprint density at radius 1 is 1.00 bits per heavy atom. The second-order valence-corrected chi connectivity index (χ2v) is 8.60. The van der Waals surface area contributed by atoms with E-state index in [4.69, 9.17) is 0 Å². The summed E-state index contributed by atoms with van der Waals surface area (Å²) in [6.45, 7) is 9.46. The number of piperazine rings is 1. The molecule has 2 aliphatic heterocycles. The van der Waals surface area contributed by atoms with Gasteiger partial charge in [0, 0.05) is 44.7 Å². The van der Waals surface area contributed by atoms with Crippen LogP contribution in [0.15, 0.2) is 24.3 Å². The van der Waals surface area contributed by atoms with E-state index in [2.05, 4.69) is 0 Å². The number of hydrogen-bond donors (Lipinski definition) is 0. The zero-order valence-corrected chi connectivity index (χ0v) is 16.6. The van der Waals surface area contributed by atoms with Gasteiger partial charge in [0.1, 0.15) is 5.82 Å². The van der Waals surface area contributed by atoms with E-state index < -0.39 is 5.41 Å². The molecule has 0 radical (unpaired) electrons. The Labute approximate surface area is 161 Å². The van der Waals surface area contributed by atoms with Gasteiger partial charge in [-0.3, -0.25) is 9.59 Å². The molecule has 6 heteroatoms. The number of benzene rings is 1.